The molecule has 2 aromatic rings. The number of thiophene rings is 1. The lowest BCUT2D eigenvalue weighted by atomic mass is 9.91. The van der Waals surface area contributed by atoms with Crippen LogP contribution in [0.2, 0.25) is 0 Å². The first-order chi connectivity index (χ1) is 9.65. The number of carboxylic acids is 1. The van der Waals surface area contributed by atoms with E-state index in [1.54, 1.807) is 0 Å². The van der Waals surface area contributed by atoms with E-state index in [0.717, 1.165) is 17.7 Å². The fraction of sp³-hybridized carbons (Fsp3) is 0.200. The van der Waals surface area contributed by atoms with Crippen LogP contribution in [-0.2, 0) is 17.6 Å². The fourth-order valence-electron chi connectivity index (χ4n) is 2.43. The van der Waals surface area contributed by atoms with Crippen LogP contribution >= 0.6 is 11.3 Å². The Bertz CT molecular complexity index is 690. The van der Waals surface area contributed by atoms with Crippen molar-refractivity contribution in [2.75, 3.05) is 6.54 Å². The first-order valence-electron chi connectivity index (χ1n) is 6.36. The molecule has 0 fully saturated rings. The molecule has 0 saturated heterocycles. The van der Waals surface area contributed by atoms with Crippen LogP contribution in [0.3, 0.4) is 0 Å². The lowest BCUT2D eigenvalue weighted by molar-refractivity contribution is -0.135. The van der Waals surface area contributed by atoms with E-state index in [1.165, 1.54) is 28.0 Å². The highest BCUT2D eigenvalue weighted by atomic mass is 32.1. The van der Waals surface area contributed by atoms with Gasteiger partial charge >= 0.3 is 5.97 Å². The Morgan fingerprint density at radius 2 is 1.95 bits per heavy atom. The second-order valence-corrected chi connectivity index (χ2v) is 5.75. The number of rotatable bonds is 3. The zero-order valence-electron chi connectivity index (χ0n) is 10.7. The maximum absolute atomic E-state index is 11.9. The molecule has 2 N–H and O–H groups in total. The van der Waals surface area contributed by atoms with Crippen molar-refractivity contribution in [2.45, 2.75) is 12.8 Å². The molecule has 1 aromatic heterocycles. The maximum Gasteiger partial charge on any atom is 0.322 e. The Balaban J connectivity index is 1.90. The summed E-state index contributed by atoms with van der Waals surface area (Å²) in [6.07, 6.45) is 1.91. The smallest absolute Gasteiger partial charge is 0.322 e. The molecule has 3 rings (SSSR count). The highest BCUT2D eigenvalue weighted by molar-refractivity contribution is 7.17. The molecule has 20 heavy (non-hydrogen) atoms. The Kier molecular flexibility index (Phi) is 3.28. The molecular weight excluding hydrogens is 274 g/mol. The van der Waals surface area contributed by atoms with Crippen LogP contribution in [0, 0.1) is 0 Å². The van der Waals surface area contributed by atoms with Crippen LogP contribution in [0.1, 0.15) is 20.8 Å². The van der Waals surface area contributed by atoms with Gasteiger partial charge in [-0.1, -0.05) is 24.3 Å². The van der Waals surface area contributed by atoms with E-state index < -0.39 is 5.97 Å². The number of nitrogens with one attached hydrogen (secondary N) is 1. The molecule has 1 aromatic carbocycles. The number of amides is 1. The SMILES string of the molecule is O=C(O)CNC(=O)c1cc2c(s1)-c1ccccc1CC2. The molecule has 1 amide bonds. The summed E-state index contributed by atoms with van der Waals surface area (Å²) in [5, 5.41) is 11.0. The van der Waals surface area contributed by atoms with Gasteiger partial charge in [-0.2, -0.15) is 0 Å². The van der Waals surface area contributed by atoms with Gasteiger partial charge in [0.15, 0.2) is 0 Å². The first-order valence-corrected chi connectivity index (χ1v) is 7.18. The van der Waals surface area contributed by atoms with Gasteiger partial charge in [-0.05, 0) is 35.6 Å². The number of benzene rings is 1. The van der Waals surface area contributed by atoms with Crippen molar-refractivity contribution in [3.63, 3.8) is 0 Å². The Labute approximate surface area is 120 Å². The van der Waals surface area contributed by atoms with E-state index in [1.807, 2.05) is 18.2 Å². The number of aryl methyl sites for hydroxylation is 2. The highest BCUT2D eigenvalue weighted by Gasteiger charge is 2.21. The van der Waals surface area contributed by atoms with E-state index in [9.17, 15) is 9.59 Å². The predicted molar refractivity (Wildman–Crippen MR) is 77.1 cm³/mol. The van der Waals surface area contributed by atoms with Crippen molar-refractivity contribution in [3.05, 3.63) is 46.3 Å². The van der Waals surface area contributed by atoms with Crippen LogP contribution in [0.25, 0.3) is 10.4 Å². The molecule has 0 saturated carbocycles. The number of carbonyl (C=O) groups is 2. The standard InChI is InChI=1S/C15H13NO3S/c17-13(18)8-16-15(19)12-7-10-6-5-9-3-1-2-4-11(9)14(10)20-12/h1-4,7H,5-6,8H2,(H,16,19)(H,17,18). The molecule has 4 nitrogen and oxygen atoms in total. The summed E-state index contributed by atoms with van der Waals surface area (Å²) < 4.78 is 0. The third-order valence-electron chi connectivity index (χ3n) is 3.36. The van der Waals surface area contributed by atoms with Crippen LogP contribution in [0.4, 0.5) is 0 Å². The summed E-state index contributed by atoms with van der Waals surface area (Å²) in [7, 11) is 0. The second-order valence-electron chi connectivity index (χ2n) is 4.70. The summed E-state index contributed by atoms with van der Waals surface area (Å²) in [5.74, 6) is -1.35. The topological polar surface area (TPSA) is 66.4 Å². The van der Waals surface area contributed by atoms with Crippen molar-refractivity contribution in [2.24, 2.45) is 0 Å². The van der Waals surface area contributed by atoms with Gasteiger partial charge in [-0.15, -0.1) is 11.3 Å². The minimum absolute atomic E-state index is 0.315. The summed E-state index contributed by atoms with van der Waals surface area (Å²) >= 11 is 1.43. The highest BCUT2D eigenvalue weighted by Crippen LogP contribution is 2.39. The molecule has 0 atom stereocenters. The lowest BCUT2D eigenvalue weighted by Crippen LogP contribution is -2.28. The maximum atomic E-state index is 11.9. The van der Waals surface area contributed by atoms with E-state index >= 15 is 0 Å². The van der Waals surface area contributed by atoms with Crippen LogP contribution in [0.15, 0.2) is 30.3 Å². The number of hydrogen-bond acceptors (Lipinski definition) is 3. The molecule has 0 radical (unpaired) electrons. The fourth-order valence-corrected chi connectivity index (χ4v) is 3.61. The Morgan fingerprint density at radius 1 is 1.20 bits per heavy atom. The van der Waals surface area contributed by atoms with Gasteiger partial charge in [0.2, 0.25) is 0 Å². The van der Waals surface area contributed by atoms with E-state index in [4.69, 9.17) is 5.11 Å². The van der Waals surface area contributed by atoms with E-state index in [-0.39, 0.29) is 12.5 Å². The van der Waals surface area contributed by atoms with Gasteiger partial charge in [0, 0.05) is 4.88 Å². The molecule has 102 valence electrons. The Hall–Kier alpha value is -2.14. The van der Waals surface area contributed by atoms with Crippen molar-refractivity contribution in [1.82, 2.24) is 5.32 Å². The third kappa shape index (κ3) is 2.32. The molecular formula is C15H13NO3S. The molecule has 1 aliphatic rings. The predicted octanol–water partition coefficient (Wildman–Crippen LogP) is 2.33. The van der Waals surface area contributed by atoms with Crippen molar-refractivity contribution in [3.8, 4) is 10.4 Å². The van der Waals surface area contributed by atoms with E-state index in [2.05, 4.69) is 17.4 Å². The monoisotopic (exact) mass is 287 g/mol. The average molecular weight is 287 g/mol. The normalized spacial score (nSPS) is 12.4. The zero-order valence-corrected chi connectivity index (χ0v) is 11.5. The van der Waals surface area contributed by atoms with Gasteiger partial charge < -0.3 is 10.4 Å². The van der Waals surface area contributed by atoms with Gasteiger partial charge in [-0.25, -0.2) is 0 Å². The van der Waals surface area contributed by atoms with Gasteiger partial charge in [0.05, 0.1) is 4.88 Å². The molecule has 0 unspecified atom stereocenters. The minimum Gasteiger partial charge on any atom is -0.480 e. The third-order valence-corrected chi connectivity index (χ3v) is 4.57. The number of aliphatic carboxylic acids is 1. The quantitative estimate of drug-likeness (QED) is 0.910. The van der Waals surface area contributed by atoms with Crippen molar-refractivity contribution < 1.29 is 14.7 Å². The second kappa shape index (κ2) is 5.09. The molecule has 0 bridgehead atoms. The summed E-state index contributed by atoms with van der Waals surface area (Å²) in [6.45, 7) is -0.349. The summed E-state index contributed by atoms with van der Waals surface area (Å²) in [4.78, 5) is 24.1. The summed E-state index contributed by atoms with van der Waals surface area (Å²) in [6, 6.07) is 10.1. The first kappa shape index (κ1) is 12.9. The average Bonchev–Trinajstić information content (AvgIpc) is 2.89. The Morgan fingerprint density at radius 3 is 2.75 bits per heavy atom. The van der Waals surface area contributed by atoms with Crippen molar-refractivity contribution in [1.29, 1.82) is 0 Å². The number of hydrogen-bond donors (Lipinski definition) is 2. The van der Waals surface area contributed by atoms with Crippen LogP contribution in [-0.4, -0.2) is 23.5 Å². The van der Waals surface area contributed by atoms with Gasteiger partial charge in [0.1, 0.15) is 6.54 Å². The lowest BCUT2D eigenvalue weighted by Gasteiger charge is -2.15. The number of carbonyl (C=O) groups excluding carboxylic acids is 1. The number of fused-ring (bicyclic) bond motifs is 3. The summed E-state index contributed by atoms with van der Waals surface area (Å²) in [5.41, 5.74) is 3.67. The van der Waals surface area contributed by atoms with Crippen molar-refractivity contribution >= 4 is 23.2 Å². The molecule has 0 aliphatic heterocycles. The minimum atomic E-state index is -1.04. The van der Waals surface area contributed by atoms with Crippen LogP contribution < -0.4 is 5.32 Å². The molecule has 1 heterocycles. The molecule has 5 heteroatoms. The van der Waals surface area contributed by atoms with Gasteiger partial charge in [0.25, 0.3) is 5.91 Å². The number of carboxylic acid groups (broad SMARTS) is 1. The largest absolute Gasteiger partial charge is 0.480 e. The zero-order chi connectivity index (χ0) is 14.1. The van der Waals surface area contributed by atoms with Gasteiger partial charge in [-0.3, -0.25) is 9.59 Å². The van der Waals surface area contributed by atoms with Crippen LogP contribution in [0.5, 0.6) is 0 Å². The molecule has 0 spiro atoms. The molecule has 1 aliphatic carbocycles. The van der Waals surface area contributed by atoms with E-state index in [0.29, 0.717) is 4.88 Å².